The van der Waals surface area contributed by atoms with Gasteiger partial charge in [0.25, 0.3) is 0 Å². The molecule has 3 N–H and O–H groups in total. The van der Waals surface area contributed by atoms with Gasteiger partial charge in [-0.1, -0.05) is 72.6 Å². The van der Waals surface area contributed by atoms with Crippen LogP contribution in [-0.2, 0) is 0 Å². The molecule has 0 aliphatic heterocycles. The van der Waals surface area contributed by atoms with Crippen LogP contribution < -0.4 is 11.1 Å². The van der Waals surface area contributed by atoms with Crippen LogP contribution in [0, 0.1) is 11.8 Å². The van der Waals surface area contributed by atoms with Crippen molar-refractivity contribution in [2.24, 2.45) is 17.6 Å². The highest BCUT2D eigenvalue weighted by Crippen LogP contribution is 2.29. The molecule has 0 saturated heterocycles. The molecule has 0 bridgehead atoms. The number of unbranched alkanes of at least 4 members (excludes halogenated alkanes) is 2. The molecular formula is C19H44N2. The van der Waals surface area contributed by atoms with Crippen LogP contribution in [-0.4, -0.2) is 19.6 Å². The van der Waals surface area contributed by atoms with Gasteiger partial charge in [0.1, 0.15) is 0 Å². The molecule has 0 amide bonds. The second-order valence-corrected chi connectivity index (χ2v) is 6.29. The molecule has 0 heterocycles. The number of hydrogen-bond donors (Lipinski definition) is 2. The fourth-order valence-electron chi connectivity index (χ4n) is 2.83. The fraction of sp³-hybridized carbons (Fsp3) is 1.00. The van der Waals surface area contributed by atoms with Crippen LogP contribution in [0.25, 0.3) is 0 Å². The van der Waals surface area contributed by atoms with Crippen LogP contribution in [0.2, 0.25) is 0 Å². The highest BCUT2D eigenvalue weighted by atomic mass is 14.9. The summed E-state index contributed by atoms with van der Waals surface area (Å²) in [5.74, 6) is 1.87. The molecule has 0 spiro atoms. The summed E-state index contributed by atoms with van der Waals surface area (Å²) in [6.07, 6.45) is 12.6. The van der Waals surface area contributed by atoms with Gasteiger partial charge in [-0.2, -0.15) is 0 Å². The Kier molecular flexibility index (Phi) is 19.8. The maximum atomic E-state index is 5.21. The Morgan fingerprint density at radius 3 is 2.00 bits per heavy atom. The summed E-state index contributed by atoms with van der Waals surface area (Å²) in [4.78, 5) is 0. The lowest BCUT2D eigenvalue weighted by atomic mass is 9.81. The number of nitrogens with two attached hydrogens (primary N) is 1. The highest BCUT2D eigenvalue weighted by molar-refractivity contribution is 4.73. The van der Waals surface area contributed by atoms with E-state index < -0.39 is 0 Å². The van der Waals surface area contributed by atoms with E-state index in [1.54, 1.807) is 0 Å². The Morgan fingerprint density at radius 1 is 1.05 bits per heavy atom. The van der Waals surface area contributed by atoms with Gasteiger partial charge in [-0.3, -0.25) is 0 Å². The Morgan fingerprint density at radius 2 is 1.62 bits per heavy atom. The summed E-state index contributed by atoms with van der Waals surface area (Å²) in [6.45, 7) is 11.7. The zero-order valence-electron chi connectivity index (χ0n) is 15.9. The van der Waals surface area contributed by atoms with E-state index in [0.717, 1.165) is 18.4 Å². The van der Waals surface area contributed by atoms with Crippen molar-refractivity contribution in [3.63, 3.8) is 0 Å². The lowest BCUT2D eigenvalue weighted by Crippen LogP contribution is -2.30. The van der Waals surface area contributed by atoms with Crippen molar-refractivity contribution >= 4 is 0 Å². The van der Waals surface area contributed by atoms with E-state index in [-0.39, 0.29) is 0 Å². The average Bonchev–Trinajstić information content (AvgIpc) is 2.55. The zero-order chi connectivity index (χ0) is 16.5. The van der Waals surface area contributed by atoms with E-state index in [1.807, 2.05) is 13.8 Å². The van der Waals surface area contributed by atoms with Gasteiger partial charge in [-0.05, 0) is 45.2 Å². The minimum atomic E-state index is 0.682. The third kappa shape index (κ3) is 14.6. The number of hydrogen-bond acceptors (Lipinski definition) is 2. The first kappa shape index (κ1) is 23.2. The molecular weight excluding hydrogens is 256 g/mol. The lowest BCUT2D eigenvalue weighted by molar-refractivity contribution is 0.268. The first-order valence-electron chi connectivity index (χ1n) is 9.53. The first-order valence-corrected chi connectivity index (χ1v) is 9.53. The molecule has 1 aliphatic rings. The Balaban J connectivity index is 0. The summed E-state index contributed by atoms with van der Waals surface area (Å²) in [5, 5.41) is 3.35. The second kappa shape index (κ2) is 18.0. The van der Waals surface area contributed by atoms with Gasteiger partial charge in [-0.15, -0.1) is 0 Å². The van der Waals surface area contributed by atoms with Crippen LogP contribution >= 0.6 is 0 Å². The molecule has 1 fully saturated rings. The highest BCUT2D eigenvalue weighted by Gasteiger charge is 2.18. The van der Waals surface area contributed by atoms with Crippen molar-refractivity contribution in [2.45, 2.75) is 98.4 Å². The van der Waals surface area contributed by atoms with Crippen molar-refractivity contribution in [3.05, 3.63) is 0 Å². The predicted molar refractivity (Wildman–Crippen MR) is 98.8 cm³/mol. The molecule has 2 unspecified atom stereocenters. The SMILES string of the molecule is CC.CCCCCN.CNC(C)C(C)CC1CCCCC1. The summed E-state index contributed by atoms with van der Waals surface area (Å²) in [5.41, 5.74) is 5.21. The smallest absolute Gasteiger partial charge is 0.00614 e. The van der Waals surface area contributed by atoms with Crippen molar-refractivity contribution in [3.8, 4) is 0 Å². The molecule has 130 valence electrons. The van der Waals surface area contributed by atoms with Crippen LogP contribution in [0.3, 0.4) is 0 Å². The molecule has 1 aliphatic carbocycles. The predicted octanol–water partition coefficient (Wildman–Crippen LogP) is 5.36. The van der Waals surface area contributed by atoms with E-state index >= 15 is 0 Å². The maximum absolute atomic E-state index is 5.21. The van der Waals surface area contributed by atoms with Crippen LogP contribution in [0.5, 0.6) is 0 Å². The molecule has 0 radical (unpaired) electrons. The Hall–Kier alpha value is -0.0800. The van der Waals surface area contributed by atoms with Crippen molar-refractivity contribution < 1.29 is 0 Å². The third-order valence-corrected chi connectivity index (χ3v) is 4.55. The van der Waals surface area contributed by atoms with Gasteiger partial charge in [0.15, 0.2) is 0 Å². The molecule has 21 heavy (non-hydrogen) atoms. The number of nitrogens with one attached hydrogen (secondary N) is 1. The van der Waals surface area contributed by atoms with E-state index in [9.17, 15) is 0 Å². The molecule has 0 aromatic rings. The normalized spacial score (nSPS) is 17.9. The Labute approximate surface area is 135 Å². The number of rotatable bonds is 7. The Bertz CT molecular complexity index is 172. The summed E-state index contributed by atoms with van der Waals surface area (Å²) >= 11 is 0. The van der Waals surface area contributed by atoms with Crippen LogP contribution in [0.1, 0.15) is 92.4 Å². The average molecular weight is 301 g/mol. The first-order chi connectivity index (χ1) is 10.2. The van der Waals surface area contributed by atoms with Crippen molar-refractivity contribution in [2.75, 3.05) is 13.6 Å². The maximum Gasteiger partial charge on any atom is 0.00614 e. The molecule has 2 atom stereocenters. The van der Waals surface area contributed by atoms with E-state index in [1.165, 1.54) is 57.8 Å². The summed E-state index contributed by atoms with van der Waals surface area (Å²) in [7, 11) is 2.07. The lowest BCUT2D eigenvalue weighted by Gasteiger charge is -2.27. The zero-order valence-corrected chi connectivity index (χ0v) is 15.9. The molecule has 0 aromatic carbocycles. The molecule has 0 aromatic heterocycles. The minimum absolute atomic E-state index is 0.682. The monoisotopic (exact) mass is 300 g/mol. The molecule has 1 rings (SSSR count). The topological polar surface area (TPSA) is 38.0 Å². The van der Waals surface area contributed by atoms with E-state index in [4.69, 9.17) is 5.73 Å². The van der Waals surface area contributed by atoms with Gasteiger partial charge in [0.05, 0.1) is 0 Å². The van der Waals surface area contributed by atoms with Gasteiger partial charge in [0, 0.05) is 6.04 Å². The summed E-state index contributed by atoms with van der Waals surface area (Å²) < 4.78 is 0. The molecule has 2 nitrogen and oxygen atoms in total. The molecule has 1 saturated carbocycles. The van der Waals surface area contributed by atoms with Gasteiger partial charge >= 0.3 is 0 Å². The van der Waals surface area contributed by atoms with Crippen molar-refractivity contribution in [1.29, 1.82) is 0 Å². The minimum Gasteiger partial charge on any atom is -0.330 e. The standard InChI is InChI=1S/C12H25N.C5H13N.C2H6/c1-10(11(2)13-3)9-12-7-5-4-6-8-12;1-2-3-4-5-6;1-2/h10-13H,4-9H2,1-3H3;2-6H2,1H3;1-2H3. The fourth-order valence-corrected chi connectivity index (χ4v) is 2.83. The van der Waals surface area contributed by atoms with Gasteiger partial charge in [0.2, 0.25) is 0 Å². The second-order valence-electron chi connectivity index (χ2n) is 6.29. The van der Waals surface area contributed by atoms with Gasteiger partial charge < -0.3 is 11.1 Å². The quantitative estimate of drug-likeness (QED) is 0.621. The van der Waals surface area contributed by atoms with E-state index in [0.29, 0.717) is 6.04 Å². The molecule has 2 heteroatoms. The van der Waals surface area contributed by atoms with Crippen molar-refractivity contribution in [1.82, 2.24) is 5.32 Å². The van der Waals surface area contributed by atoms with Gasteiger partial charge in [-0.25, -0.2) is 0 Å². The largest absolute Gasteiger partial charge is 0.330 e. The third-order valence-electron chi connectivity index (χ3n) is 4.55. The summed E-state index contributed by atoms with van der Waals surface area (Å²) in [6, 6.07) is 0.682. The van der Waals surface area contributed by atoms with Crippen LogP contribution in [0.4, 0.5) is 0 Å². The van der Waals surface area contributed by atoms with Crippen LogP contribution in [0.15, 0.2) is 0 Å². The van der Waals surface area contributed by atoms with E-state index in [2.05, 4.69) is 33.1 Å².